The number of ether oxygens (including phenoxy) is 1. The fourth-order valence-electron chi connectivity index (χ4n) is 2.25. The van der Waals surface area contributed by atoms with Gasteiger partial charge in [0.05, 0.1) is 7.11 Å². The van der Waals surface area contributed by atoms with E-state index in [-0.39, 0.29) is 17.7 Å². The van der Waals surface area contributed by atoms with Gasteiger partial charge in [-0.1, -0.05) is 18.2 Å². The molecule has 0 heterocycles. The van der Waals surface area contributed by atoms with Gasteiger partial charge >= 0.3 is 0 Å². The van der Waals surface area contributed by atoms with Crippen LogP contribution in [-0.2, 0) is 6.42 Å². The molecule has 2 nitrogen and oxygen atoms in total. The number of halogens is 3. The van der Waals surface area contributed by atoms with Crippen molar-refractivity contribution >= 4 is 0 Å². The number of methoxy groups -OCH3 is 1. The highest BCUT2D eigenvalue weighted by Gasteiger charge is 2.20. The first kappa shape index (κ1) is 15.4. The van der Waals surface area contributed by atoms with Gasteiger partial charge in [0.1, 0.15) is 11.6 Å². The first-order valence-electron chi connectivity index (χ1n) is 6.51. The zero-order valence-corrected chi connectivity index (χ0v) is 11.8. The number of hydrogen-bond donors (Lipinski definition) is 1. The molecule has 0 bridgehead atoms. The summed E-state index contributed by atoms with van der Waals surface area (Å²) < 4.78 is 46.6. The van der Waals surface area contributed by atoms with Gasteiger partial charge in [0.15, 0.2) is 11.6 Å². The Bertz CT molecular complexity index is 611. The monoisotopic (exact) mass is 295 g/mol. The van der Waals surface area contributed by atoms with Crippen LogP contribution < -0.4 is 10.1 Å². The van der Waals surface area contributed by atoms with Gasteiger partial charge in [-0.05, 0) is 31.7 Å². The Kier molecular flexibility index (Phi) is 4.85. The van der Waals surface area contributed by atoms with E-state index in [0.29, 0.717) is 5.56 Å². The maximum Gasteiger partial charge on any atom is 0.169 e. The van der Waals surface area contributed by atoms with Crippen molar-refractivity contribution in [2.75, 3.05) is 14.2 Å². The molecule has 0 aliphatic carbocycles. The van der Waals surface area contributed by atoms with Crippen molar-refractivity contribution in [2.45, 2.75) is 12.5 Å². The molecule has 0 aliphatic heterocycles. The maximum absolute atomic E-state index is 14.3. The molecule has 0 radical (unpaired) electrons. The van der Waals surface area contributed by atoms with Gasteiger partial charge in [0.25, 0.3) is 0 Å². The van der Waals surface area contributed by atoms with E-state index in [9.17, 15) is 13.2 Å². The third-order valence-corrected chi connectivity index (χ3v) is 3.41. The van der Waals surface area contributed by atoms with Gasteiger partial charge in [-0.2, -0.15) is 0 Å². The lowest BCUT2D eigenvalue weighted by molar-refractivity contribution is 0.379. The van der Waals surface area contributed by atoms with Crippen LogP contribution in [0.15, 0.2) is 36.4 Å². The Morgan fingerprint density at radius 1 is 1.05 bits per heavy atom. The molecule has 0 fully saturated rings. The maximum atomic E-state index is 14.3. The summed E-state index contributed by atoms with van der Waals surface area (Å²) >= 11 is 0. The van der Waals surface area contributed by atoms with Gasteiger partial charge in [0, 0.05) is 17.2 Å². The molecule has 0 aliphatic rings. The highest BCUT2D eigenvalue weighted by Crippen LogP contribution is 2.28. The Balaban J connectivity index is 2.37. The van der Waals surface area contributed by atoms with Gasteiger partial charge in [-0.3, -0.25) is 0 Å². The molecule has 0 amide bonds. The number of likely N-dealkylation sites (N-methyl/N-ethyl adjacent to an activating group) is 1. The normalized spacial score (nSPS) is 12.2. The number of nitrogens with one attached hydrogen (secondary N) is 1. The Hall–Kier alpha value is -2.01. The Labute approximate surface area is 121 Å². The van der Waals surface area contributed by atoms with E-state index < -0.39 is 23.5 Å². The van der Waals surface area contributed by atoms with E-state index >= 15 is 0 Å². The van der Waals surface area contributed by atoms with Crippen molar-refractivity contribution in [1.82, 2.24) is 5.32 Å². The van der Waals surface area contributed by atoms with Crippen molar-refractivity contribution < 1.29 is 17.9 Å². The van der Waals surface area contributed by atoms with Crippen molar-refractivity contribution in [3.8, 4) is 5.75 Å². The number of rotatable bonds is 5. The largest absolute Gasteiger partial charge is 0.494 e. The van der Waals surface area contributed by atoms with E-state index in [1.165, 1.54) is 31.4 Å². The first-order chi connectivity index (χ1) is 10.1. The van der Waals surface area contributed by atoms with Gasteiger partial charge in [-0.15, -0.1) is 0 Å². The van der Waals surface area contributed by atoms with Crippen molar-refractivity contribution in [3.63, 3.8) is 0 Å². The van der Waals surface area contributed by atoms with E-state index in [1.807, 2.05) is 0 Å². The molecule has 5 heteroatoms. The molecule has 0 saturated heterocycles. The van der Waals surface area contributed by atoms with Crippen molar-refractivity contribution in [2.24, 2.45) is 0 Å². The van der Waals surface area contributed by atoms with Gasteiger partial charge < -0.3 is 10.1 Å². The fourth-order valence-corrected chi connectivity index (χ4v) is 2.25. The lowest BCUT2D eigenvalue weighted by Crippen LogP contribution is -2.21. The molecule has 0 saturated carbocycles. The minimum Gasteiger partial charge on any atom is -0.494 e. The molecule has 2 aromatic carbocycles. The second kappa shape index (κ2) is 6.63. The van der Waals surface area contributed by atoms with Crippen LogP contribution in [0.4, 0.5) is 13.2 Å². The SMILES string of the molecule is CNC(Cc1c(F)cccc1F)c1cccc(OC)c1F. The average molecular weight is 295 g/mol. The molecule has 2 rings (SSSR count). The minimum atomic E-state index is -0.640. The zero-order valence-electron chi connectivity index (χ0n) is 11.8. The quantitative estimate of drug-likeness (QED) is 0.909. The van der Waals surface area contributed by atoms with Crippen molar-refractivity contribution in [1.29, 1.82) is 0 Å². The molecule has 0 aromatic heterocycles. The summed E-state index contributed by atoms with van der Waals surface area (Å²) in [4.78, 5) is 0. The predicted molar refractivity (Wildman–Crippen MR) is 74.8 cm³/mol. The molecule has 1 atom stereocenters. The summed E-state index contributed by atoms with van der Waals surface area (Å²) in [6, 6.07) is 7.81. The number of benzene rings is 2. The van der Waals surface area contributed by atoms with E-state index in [1.54, 1.807) is 19.2 Å². The van der Waals surface area contributed by atoms with Crippen LogP contribution in [0.1, 0.15) is 17.2 Å². The molecule has 112 valence electrons. The van der Waals surface area contributed by atoms with Crippen LogP contribution >= 0.6 is 0 Å². The summed E-state index contributed by atoms with van der Waals surface area (Å²) in [5.74, 6) is -1.71. The van der Waals surface area contributed by atoms with Gasteiger partial charge in [-0.25, -0.2) is 13.2 Å². The van der Waals surface area contributed by atoms with E-state index in [2.05, 4.69) is 5.32 Å². The smallest absolute Gasteiger partial charge is 0.169 e. The van der Waals surface area contributed by atoms with E-state index in [0.717, 1.165) is 0 Å². The lowest BCUT2D eigenvalue weighted by atomic mass is 9.97. The molecule has 1 unspecified atom stereocenters. The molecule has 21 heavy (non-hydrogen) atoms. The second-order valence-corrected chi connectivity index (χ2v) is 4.61. The number of hydrogen-bond acceptors (Lipinski definition) is 2. The van der Waals surface area contributed by atoms with E-state index in [4.69, 9.17) is 4.74 Å². The van der Waals surface area contributed by atoms with Crippen LogP contribution in [0.5, 0.6) is 5.75 Å². The van der Waals surface area contributed by atoms with Crippen LogP contribution in [0.2, 0.25) is 0 Å². The highest BCUT2D eigenvalue weighted by molar-refractivity contribution is 5.34. The predicted octanol–water partition coefficient (Wildman–Crippen LogP) is 3.62. The molecule has 0 spiro atoms. The zero-order chi connectivity index (χ0) is 15.4. The second-order valence-electron chi connectivity index (χ2n) is 4.61. The topological polar surface area (TPSA) is 21.3 Å². The lowest BCUT2D eigenvalue weighted by Gasteiger charge is -2.19. The highest BCUT2D eigenvalue weighted by atomic mass is 19.1. The summed E-state index contributed by atoms with van der Waals surface area (Å²) in [6.45, 7) is 0. The fraction of sp³-hybridized carbons (Fsp3) is 0.250. The van der Waals surface area contributed by atoms with Crippen LogP contribution in [0, 0.1) is 17.5 Å². The molecular formula is C16H16F3NO. The Morgan fingerprint density at radius 3 is 2.24 bits per heavy atom. The first-order valence-corrected chi connectivity index (χ1v) is 6.51. The van der Waals surface area contributed by atoms with Crippen LogP contribution in [-0.4, -0.2) is 14.2 Å². The molecule has 2 aromatic rings. The third-order valence-electron chi connectivity index (χ3n) is 3.41. The minimum absolute atomic E-state index is 0.000899. The standard InChI is InChI=1S/C16H16F3NO/c1-20-14(9-11-12(17)6-4-7-13(11)18)10-5-3-8-15(21-2)16(10)19/h3-8,14,20H,9H2,1-2H3. The van der Waals surface area contributed by atoms with Crippen LogP contribution in [0.25, 0.3) is 0 Å². The molecule has 1 N–H and O–H groups in total. The average Bonchev–Trinajstić information content (AvgIpc) is 2.48. The summed E-state index contributed by atoms with van der Waals surface area (Å²) in [7, 11) is 2.98. The molecular weight excluding hydrogens is 279 g/mol. The summed E-state index contributed by atoms with van der Waals surface area (Å²) in [5, 5.41) is 2.88. The van der Waals surface area contributed by atoms with Crippen molar-refractivity contribution in [3.05, 3.63) is 65.0 Å². The van der Waals surface area contributed by atoms with Gasteiger partial charge in [0.2, 0.25) is 0 Å². The Morgan fingerprint density at radius 2 is 1.67 bits per heavy atom. The summed E-state index contributed by atoms with van der Waals surface area (Å²) in [5.41, 5.74) is 0.235. The summed E-state index contributed by atoms with van der Waals surface area (Å²) in [6.07, 6.45) is -0.000899. The third kappa shape index (κ3) is 3.19. The van der Waals surface area contributed by atoms with Crippen LogP contribution in [0.3, 0.4) is 0 Å².